The summed E-state index contributed by atoms with van der Waals surface area (Å²) in [5.41, 5.74) is 0.409. The normalized spacial score (nSPS) is 10.2. The Morgan fingerprint density at radius 2 is 1.95 bits per heavy atom. The quantitative estimate of drug-likeness (QED) is 0.749. The van der Waals surface area contributed by atoms with Gasteiger partial charge in [-0.05, 0) is 12.5 Å². The molecule has 0 aliphatic rings. The van der Waals surface area contributed by atoms with Gasteiger partial charge in [0.15, 0.2) is 0 Å². The Morgan fingerprint density at radius 3 is 2.57 bits per heavy atom. The number of hydrogen-bond donors (Lipinski definition) is 1. The lowest BCUT2D eigenvalue weighted by molar-refractivity contribution is -0.134. The molecule has 0 saturated carbocycles. The molecular formula is C16H23FN2O2. The smallest absolute Gasteiger partial charge is 0.239 e. The van der Waals surface area contributed by atoms with Crippen LogP contribution in [0.5, 0.6) is 0 Å². The van der Waals surface area contributed by atoms with Crippen molar-refractivity contribution in [3.63, 3.8) is 0 Å². The van der Waals surface area contributed by atoms with E-state index in [1.54, 1.807) is 18.2 Å². The fraction of sp³-hybridized carbons (Fsp3) is 0.500. The molecule has 1 aromatic carbocycles. The summed E-state index contributed by atoms with van der Waals surface area (Å²) >= 11 is 0. The second kappa shape index (κ2) is 9.10. The van der Waals surface area contributed by atoms with Crippen molar-refractivity contribution < 1.29 is 14.0 Å². The zero-order chi connectivity index (χ0) is 15.7. The second-order valence-corrected chi connectivity index (χ2v) is 5.02. The van der Waals surface area contributed by atoms with E-state index in [1.807, 2.05) is 0 Å². The van der Waals surface area contributed by atoms with Crippen molar-refractivity contribution >= 4 is 11.8 Å². The van der Waals surface area contributed by atoms with Gasteiger partial charge < -0.3 is 10.2 Å². The van der Waals surface area contributed by atoms with Crippen molar-refractivity contribution in [3.05, 3.63) is 35.6 Å². The largest absolute Gasteiger partial charge is 0.355 e. The number of rotatable bonds is 8. The minimum absolute atomic E-state index is 0.0458. The fourth-order valence-electron chi connectivity index (χ4n) is 1.94. The van der Waals surface area contributed by atoms with E-state index in [9.17, 15) is 14.0 Å². The van der Waals surface area contributed by atoms with E-state index in [1.165, 1.54) is 17.9 Å². The van der Waals surface area contributed by atoms with Gasteiger partial charge in [0.2, 0.25) is 11.8 Å². The monoisotopic (exact) mass is 294 g/mol. The lowest BCUT2D eigenvalue weighted by Gasteiger charge is -2.21. The lowest BCUT2D eigenvalue weighted by Crippen LogP contribution is -2.39. The summed E-state index contributed by atoms with van der Waals surface area (Å²) < 4.78 is 13.6. The van der Waals surface area contributed by atoms with E-state index in [0.717, 1.165) is 19.3 Å². The molecule has 0 aliphatic heterocycles. The van der Waals surface area contributed by atoms with Gasteiger partial charge >= 0.3 is 0 Å². The molecule has 0 unspecified atom stereocenters. The van der Waals surface area contributed by atoms with Gasteiger partial charge in [-0.3, -0.25) is 9.59 Å². The number of benzene rings is 1. The summed E-state index contributed by atoms with van der Waals surface area (Å²) in [5, 5.41) is 2.78. The third-order valence-electron chi connectivity index (χ3n) is 3.20. The van der Waals surface area contributed by atoms with Gasteiger partial charge in [0.25, 0.3) is 0 Å². The van der Waals surface area contributed by atoms with E-state index < -0.39 is 0 Å². The Morgan fingerprint density at radius 1 is 1.24 bits per heavy atom. The van der Waals surface area contributed by atoms with Crippen LogP contribution in [0.1, 0.15) is 38.7 Å². The maximum atomic E-state index is 13.6. The summed E-state index contributed by atoms with van der Waals surface area (Å²) in [6.07, 6.45) is 3.07. The molecule has 0 radical (unpaired) electrons. The Kier molecular flexibility index (Phi) is 7.43. The number of carbonyl (C=O) groups excluding carboxylic acids is 2. The van der Waals surface area contributed by atoms with Crippen LogP contribution in [0.4, 0.5) is 4.39 Å². The van der Waals surface area contributed by atoms with Gasteiger partial charge in [0.1, 0.15) is 5.82 Å². The molecule has 0 heterocycles. The van der Waals surface area contributed by atoms with Crippen LogP contribution in [0.3, 0.4) is 0 Å². The average Bonchev–Trinajstić information content (AvgIpc) is 2.45. The number of unbranched alkanes of at least 4 members (excludes halogenated alkanes) is 2. The van der Waals surface area contributed by atoms with Gasteiger partial charge in [-0.1, -0.05) is 38.0 Å². The number of halogens is 1. The molecule has 1 rings (SSSR count). The molecule has 0 fully saturated rings. The fourth-order valence-corrected chi connectivity index (χ4v) is 1.94. The number of amides is 2. The number of nitrogens with one attached hydrogen (secondary N) is 1. The molecule has 0 bridgehead atoms. The molecule has 1 N–H and O–H groups in total. The van der Waals surface area contributed by atoms with Crippen molar-refractivity contribution in [1.82, 2.24) is 10.2 Å². The summed E-state index contributed by atoms with van der Waals surface area (Å²) in [6.45, 7) is 4.14. The van der Waals surface area contributed by atoms with Crippen LogP contribution < -0.4 is 5.32 Å². The van der Waals surface area contributed by atoms with Crippen LogP contribution in [0.25, 0.3) is 0 Å². The molecule has 4 nitrogen and oxygen atoms in total. The molecule has 1 aromatic rings. The van der Waals surface area contributed by atoms with Crippen molar-refractivity contribution in [2.75, 3.05) is 13.1 Å². The van der Waals surface area contributed by atoms with E-state index in [4.69, 9.17) is 0 Å². The highest BCUT2D eigenvalue weighted by atomic mass is 19.1. The van der Waals surface area contributed by atoms with Crippen LogP contribution >= 0.6 is 0 Å². The van der Waals surface area contributed by atoms with Gasteiger partial charge in [0.05, 0.1) is 6.54 Å². The molecule has 0 saturated heterocycles. The van der Waals surface area contributed by atoms with Crippen LogP contribution in [0.2, 0.25) is 0 Å². The molecule has 0 aromatic heterocycles. The molecule has 21 heavy (non-hydrogen) atoms. The van der Waals surface area contributed by atoms with Crippen molar-refractivity contribution in [3.8, 4) is 0 Å². The van der Waals surface area contributed by atoms with Crippen molar-refractivity contribution in [2.45, 2.75) is 39.7 Å². The number of hydrogen-bond acceptors (Lipinski definition) is 2. The minimum Gasteiger partial charge on any atom is -0.355 e. The predicted octanol–water partition coefficient (Wildman–Crippen LogP) is 2.48. The van der Waals surface area contributed by atoms with Gasteiger partial charge in [0, 0.05) is 25.6 Å². The first kappa shape index (κ1) is 17.1. The van der Waals surface area contributed by atoms with Crippen molar-refractivity contribution in [1.29, 1.82) is 0 Å². The van der Waals surface area contributed by atoms with Gasteiger partial charge in [-0.15, -0.1) is 0 Å². The number of carbonyl (C=O) groups is 2. The Hall–Kier alpha value is -1.91. The van der Waals surface area contributed by atoms with Crippen molar-refractivity contribution in [2.24, 2.45) is 0 Å². The lowest BCUT2D eigenvalue weighted by atomic mass is 10.2. The Bertz CT molecular complexity index is 477. The van der Waals surface area contributed by atoms with E-state index in [2.05, 4.69) is 12.2 Å². The van der Waals surface area contributed by atoms with Crippen LogP contribution in [-0.2, 0) is 16.1 Å². The Balaban J connectivity index is 2.52. The van der Waals surface area contributed by atoms with E-state index in [0.29, 0.717) is 12.1 Å². The third-order valence-corrected chi connectivity index (χ3v) is 3.20. The molecule has 0 aliphatic carbocycles. The first-order valence-corrected chi connectivity index (χ1v) is 7.30. The predicted molar refractivity (Wildman–Crippen MR) is 80.0 cm³/mol. The topological polar surface area (TPSA) is 49.4 Å². The molecule has 5 heteroatoms. The highest BCUT2D eigenvalue weighted by Crippen LogP contribution is 2.10. The van der Waals surface area contributed by atoms with Gasteiger partial charge in [-0.2, -0.15) is 0 Å². The van der Waals surface area contributed by atoms with Crippen LogP contribution in [-0.4, -0.2) is 29.8 Å². The average molecular weight is 294 g/mol. The maximum Gasteiger partial charge on any atom is 0.239 e. The molecule has 0 atom stereocenters. The highest BCUT2D eigenvalue weighted by Gasteiger charge is 2.15. The Labute approximate surface area is 125 Å². The SMILES string of the molecule is CCCCCNC(=O)CN(Cc1ccccc1F)C(C)=O. The van der Waals surface area contributed by atoms with E-state index >= 15 is 0 Å². The molecule has 2 amide bonds. The van der Waals surface area contributed by atoms with Crippen LogP contribution in [0, 0.1) is 5.82 Å². The van der Waals surface area contributed by atoms with E-state index in [-0.39, 0.29) is 30.7 Å². The van der Waals surface area contributed by atoms with Gasteiger partial charge in [-0.25, -0.2) is 4.39 Å². The standard InChI is InChI=1S/C16H23FN2O2/c1-3-4-7-10-18-16(21)12-19(13(2)20)11-14-8-5-6-9-15(14)17/h5-6,8-9H,3-4,7,10-12H2,1-2H3,(H,18,21). The zero-order valence-electron chi connectivity index (χ0n) is 12.7. The summed E-state index contributed by atoms with van der Waals surface area (Å²) in [5.74, 6) is -0.827. The number of nitrogens with zero attached hydrogens (tertiary/aromatic N) is 1. The first-order valence-electron chi connectivity index (χ1n) is 7.30. The summed E-state index contributed by atoms with van der Waals surface area (Å²) in [7, 11) is 0. The van der Waals surface area contributed by atoms with Crippen LogP contribution in [0.15, 0.2) is 24.3 Å². The third kappa shape index (κ3) is 6.38. The summed E-state index contributed by atoms with van der Waals surface area (Å²) in [4.78, 5) is 24.7. The highest BCUT2D eigenvalue weighted by molar-refractivity contribution is 5.83. The molecule has 0 spiro atoms. The molecular weight excluding hydrogens is 271 g/mol. The zero-order valence-corrected chi connectivity index (χ0v) is 12.7. The first-order chi connectivity index (χ1) is 10.0. The second-order valence-electron chi connectivity index (χ2n) is 5.02. The summed E-state index contributed by atoms with van der Waals surface area (Å²) in [6, 6.07) is 6.27. The maximum absolute atomic E-state index is 13.6. The molecule has 116 valence electrons. The minimum atomic E-state index is -0.368.